The number of pyridine rings is 1. The molecule has 8 nitrogen and oxygen atoms in total. The highest BCUT2D eigenvalue weighted by Gasteiger charge is 2.32. The van der Waals surface area contributed by atoms with Gasteiger partial charge in [0.05, 0.1) is 34.6 Å². The van der Waals surface area contributed by atoms with Gasteiger partial charge in [0.1, 0.15) is 11.3 Å². The predicted octanol–water partition coefficient (Wildman–Crippen LogP) is 6.77. The Morgan fingerprint density at radius 2 is 1.69 bits per heavy atom. The van der Waals surface area contributed by atoms with Crippen LogP contribution in [0.15, 0.2) is 76.9 Å². The summed E-state index contributed by atoms with van der Waals surface area (Å²) in [5.74, 6) is -0.0356. The van der Waals surface area contributed by atoms with Gasteiger partial charge in [0.25, 0.3) is 0 Å². The zero-order valence-corrected chi connectivity index (χ0v) is 23.5. The molecule has 2 aromatic heterocycles. The molecule has 1 aliphatic heterocycles. The second-order valence-electron chi connectivity index (χ2n) is 9.69. The summed E-state index contributed by atoms with van der Waals surface area (Å²) in [6.45, 7) is 3.92. The number of thioether (sulfide) groups is 1. The molecule has 42 heavy (non-hydrogen) atoms. The molecule has 0 unspecified atom stereocenters. The lowest BCUT2D eigenvalue weighted by molar-refractivity contribution is -0.274. The number of rotatable bonds is 5. The number of aryl methyl sites for hydroxylation is 3. The number of anilines is 1. The van der Waals surface area contributed by atoms with Crippen LogP contribution in [-0.4, -0.2) is 44.2 Å². The van der Waals surface area contributed by atoms with Crippen molar-refractivity contribution in [3.63, 3.8) is 0 Å². The Hall–Kier alpha value is -4.71. The number of ether oxygens (including phenoxy) is 1. The molecule has 0 radical (unpaired) electrons. The molecular formula is C30H23F3N6O2S. The molecule has 1 amide bonds. The number of aromatic nitrogens is 3. The van der Waals surface area contributed by atoms with E-state index >= 15 is 0 Å². The van der Waals surface area contributed by atoms with Gasteiger partial charge in [-0.1, -0.05) is 30.0 Å². The van der Waals surface area contributed by atoms with Gasteiger partial charge in [0, 0.05) is 23.4 Å². The second kappa shape index (κ2) is 10.6. The van der Waals surface area contributed by atoms with Crippen LogP contribution in [0.1, 0.15) is 16.8 Å². The van der Waals surface area contributed by atoms with E-state index in [1.165, 1.54) is 30.1 Å². The fourth-order valence-corrected chi connectivity index (χ4v) is 5.87. The van der Waals surface area contributed by atoms with Gasteiger partial charge in [0.15, 0.2) is 5.17 Å². The number of amides is 1. The highest BCUT2D eigenvalue weighted by Crippen LogP contribution is 2.34. The maximum atomic E-state index is 12.7. The second-order valence-corrected chi connectivity index (χ2v) is 10.6. The first-order valence-corrected chi connectivity index (χ1v) is 13.8. The topological polar surface area (TPSA) is 85.0 Å². The number of halogens is 3. The van der Waals surface area contributed by atoms with Gasteiger partial charge in [-0.2, -0.15) is 10.2 Å². The molecule has 12 heteroatoms. The smallest absolute Gasteiger partial charge is 0.406 e. The molecule has 0 bridgehead atoms. The zero-order valence-electron chi connectivity index (χ0n) is 22.7. The van der Waals surface area contributed by atoms with E-state index in [1.807, 2.05) is 50.2 Å². The number of hydrogen-bond donors (Lipinski definition) is 0. The highest BCUT2D eigenvalue weighted by atomic mass is 32.2. The van der Waals surface area contributed by atoms with Gasteiger partial charge < -0.3 is 4.74 Å². The Morgan fingerprint density at radius 3 is 2.40 bits per heavy atom. The molecule has 1 fully saturated rings. The van der Waals surface area contributed by atoms with Crippen LogP contribution in [0.25, 0.3) is 33.1 Å². The van der Waals surface area contributed by atoms with Crippen LogP contribution in [0, 0.1) is 13.8 Å². The lowest BCUT2D eigenvalue weighted by Gasteiger charge is -2.20. The number of carbonyl (C=O) groups excluding carboxylic acids is 1. The van der Waals surface area contributed by atoms with E-state index in [0.717, 1.165) is 33.3 Å². The van der Waals surface area contributed by atoms with Crippen LogP contribution in [0.3, 0.4) is 0 Å². The van der Waals surface area contributed by atoms with Crippen LogP contribution in [0.4, 0.5) is 18.9 Å². The summed E-state index contributed by atoms with van der Waals surface area (Å²) in [5, 5.41) is 15.4. The van der Waals surface area contributed by atoms with Crippen LogP contribution >= 0.6 is 11.8 Å². The molecule has 212 valence electrons. The molecule has 0 aliphatic carbocycles. The fraction of sp³-hybridized carbons (Fsp3) is 0.167. The monoisotopic (exact) mass is 588 g/mol. The summed E-state index contributed by atoms with van der Waals surface area (Å²) >= 11 is 1.34. The molecule has 3 heterocycles. The minimum atomic E-state index is -4.75. The maximum Gasteiger partial charge on any atom is 0.573 e. The van der Waals surface area contributed by atoms with Gasteiger partial charge in [0.2, 0.25) is 5.91 Å². The molecule has 0 saturated carbocycles. The van der Waals surface area contributed by atoms with E-state index in [2.05, 4.69) is 25.0 Å². The number of alkyl halides is 3. The first-order chi connectivity index (χ1) is 20.1. The Morgan fingerprint density at radius 1 is 0.976 bits per heavy atom. The SMILES string of the molecule is Cc1cccc(C)c1N1C(=O)CSC1=NN=Cc1ccc2c(ccc3c(-c4ccc(OC(F)(F)F)cc4)n(C)nc32)n1. The molecule has 0 atom stereocenters. The lowest BCUT2D eigenvalue weighted by atomic mass is 10.0. The largest absolute Gasteiger partial charge is 0.573 e. The predicted molar refractivity (Wildman–Crippen MR) is 159 cm³/mol. The normalized spacial score (nSPS) is 15.1. The molecule has 0 spiro atoms. The van der Waals surface area contributed by atoms with Crippen molar-refractivity contribution in [2.45, 2.75) is 20.2 Å². The third-order valence-electron chi connectivity index (χ3n) is 6.82. The summed E-state index contributed by atoms with van der Waals surface area (Å²) in [6.07, 6.45) is -3.21. The number of para-hydroxylation sites is 1. The lowest BCUT2D eigenvalue weighted by Crippen LogP contribution is -2.30. The molecule has 1 saturated heterocycles. The van der Waals surface area contributed by atoms with Gasteiger partial charge in [-0.15, -0.1) is 18.3 Å². The van der Waals surface area contributed by atoms with Crippen molar-refractivity contribution in [1.82, 2.24) is 14.8 Å². The number of hydrogen-bond acceptors (Lipinski definition) is 7. The highest BCUT2D eigenvalue weighted by molar-refractivity contribution is 8.15. The standard InChI is InChI=1S/C30H23F3N6O2S/c1-17-5-4-6-18(2)27(17)39-25(40)16-42-29(39)36-34-15-20-9-12-22-24(35-20)14-13-23-26(22)37-38(3)28(23)19-7-10-21(11-8-19)41-30(31,32)33/h4-15H,16H2,1-3H3. The Balaban J connectivity index is 1.28. The molecule has 3 aromatic carbocycles. The minimum absolute atomic E-state index is 0.0421. The third-order valence-corrected chi connectivity index (χ3v) is 7.73. The average molecular weight is 589 g/mol. The van der Waals surface area contributed by atoms with Crippen molar-refractivity contribution in [2.24, 2.45) is 17.3 Å². The van der Waals surface area contributed by atoms with E-state index in [-0.39, 0.29) is 11.7 Å². The molecular weight excluding hydrogens is 565 g/mol. The Bertz CT molecular complexity index is 1890. The quantitative estimate of drug-likeness (QED) is 0.167. The molecule has 5 aromatic rings. The van der Waals surface area contributed by atoms with Crippen molar-refractivity contribution >= 4 is 56.5 Å². The molecule has 6 rings (SSSR count). The summed E-state index contributed by atoms with van der Waals surface area (Å²) in [7, 11) is 1.78. The molecule has 0 N–H and O–H groups in total. The Labute approximate surface area is 242 Å². The van der Waals surface area contributed by atoms with Gasteiger partial charge >= 0.3 is 6.36 Å². The van der Waals surface area contributed by atoms with Crippen LogP contribution in [0.5, 0.6) is 5.75 Å². The van der Waals surface area contributed by atoms with Crippen molar-refractivity contribution in [3.8, 4) is 17.0 Å². The number of carbonyl (C=O) groups is 1. The Kier molecular flexibility index (Phi) is 6.93. The van der Waals surface area contributed by atoms with E-state index in [1.54, 1.807) is 34.8 Å². The van der Waals surface area contributed by atoms with E-state index < -0.39 is 6.36 Å². The van der Waals surface area contributed by atoms with E-state index in [9.17, 15) is 18.0 Å². The van der Waals surface area contributed by atoms with Crippen molar-refractivity contribution in [2.75, 3.05) is 10.7 Å². The molecule has 1 aliphatic rings. The average Bonchev–Trinajstić information content (AvgIpc) is 3.47. The van der Waals surface area contributed by atoms with E-state index in [4.69, 9.17) is 0 Å². The van der Waals surface area contributed by atoms with Crippen LogP contribution in [-0.2, 0) is 11.8 Å². The number of benzene rings is 3. The fourth-order valence-electron chi connectivity index (χ4n) is 5.06. The third kappa shape index (κ3) is 5.20. The maximum absolute atomic E-state index is 12.7. The van der Waals surface area contributed by atoms with Gasteiger partial charge in [-0.3, -0.25) is 14.4 Å². The zero-order chi connectivity index (χ0) is 29.6. The first-order valence-electron chi connectivity index (χ1n) is 12.8. The summed E-state index contributed by atoms with van der Waals surface area (Å²) in [6, 6.07) is 19.0. The summed E-state index contributed by atoms with van der Waals surface area (Å²) in [5.41, 5.74) is 6.23. The van der Waals surface area contributed by atoms with Gasteiger partial charge in [-0.25, -0.2) is 4.98 Å². The number of amidine groups is 1. The summed E-state index contributed by atoms with van der Waals surface area (Å²) < 4.78 is 43.3. The summed E-state index contributed by atoms with van der Waals surface area (Å²) in [4.78, 5) is 19.0. The van der Waals surface area contributed by atoms with Gasteiger partial charge in [-0.05, 0) is 73.5 Å². The van der Waals surface area contributed by atoms with Crippen LogP contribution < -0.4 is 9.64 Å². The minimum Gasteiger partial charge on any atom is -0.406 e. The first kappa shape index (κ1) is 27.5. The number of nitrogens with zero attached hydrogens (tertiary/aromatic N) is 6. The van der Waals surface area contributed by atoms with Crippen molar-refractivity contribution in [3.05, 3.63) is 83.6 Å². The van der Waals surface area contributed by atoms with Crippen LogP contribution in [0.2, 0.25) is 0 Å². The van der Waals surface area contributed by atoms with E-state index in [0.29, 0.717) is 33.2 Å². The van der Waals surface area contributed by atoms with Crippen molar-refractivity contribution in [1.29, 1.82) is 0 Å². The van der Waals surface area contributed by atoms with Crippen molar-refractivity contribution < 1.29 is 22.7 Å². The number of fused-ring (bicyclic) bond motifs is 3.